The van der Waals surface area contributed by atoms with Gasteiger partial charge in [0.1, 0.15) is 6.10 Å². The van der Waals surface area contributed by atoms with Crippen molar-refractivity contribution < 1.29 is 9.90 Å². The van der Waals surface area contributed by atoms with Crippen LogP contribution in [0, 0.1) is 5.92 Å². The van der Waals surface area contributed by atoms with Crippen molar-refractivity contribution >= 4 is 11.6 Å². The molecule has 0 aromatic heterocycles. The fraction of sp³-hybridized carbons (Fsp3) is 0.654. The molecule has 1 saturated carbocycles. The topological polar surface area (TPSA) is 78.6 Å². The molecule has 2 rings (SSSR count). The number of nitrogens with zero attached hydrogens (tertiary/aromatic N) is 1. The van der Waals surface area contributed by atoms with E-state index >= 15 is 0 Å². The van der Waals surface area contributed by atoms with Gasteiger partial charge in [-0.2, -0.15) is 0 Å². The van der Waals surface area contributed by atoms with E-state index in [4.69, 9.17) is 5.73 Å². The molecule has 1 aromatic rings. The van der Waals surface area contributed by atoms with Crippen LogP contribution in [0.15, 0.2) is 42.5 Å². The van der Waals surface area contributed by atoms with Gasteiger partial charge >= 0.3 is 0 Å². The molecule has 5 heteroatoms. The van der Waals surface area contributed by atoms with E-state index in [1.54, 1.807) is 0 Å². The number of carbonyl (C=O) groups excluding carboxylic acids is 1. The van der Waals surface area contributed by atoms with Crippen LogP contribution in [0.3, 0.4) is 0 Å². The average Bonchev–Trinajstić information content (AvgIpc) is 2.80. The van der Waals surface area contributed by atoms with Crippen molar-refractivity contribution in [2.75, 3.05) is 11.6 Å². The number of anilines is 1. The Morgan fingerprint density at radius 3 is 2.48 bits per heavy atom. The molecule has 1 unspecified atom stereocenters. The molecule has 1 fully saturated rings. The molecule has 1 aliphatic rings. The van der Waals surface area contributed by atoms with Gasteiger partial charge in [0.2, 0.25) is 0 Å². The molecule has 0 radical (unpaired) electrons. The lowest BCUT2D eigenvalue weighted by Crippen LogP contribution is -2.54. The summed E-state index contributed by atoms with van der Waals surface area (Å²) in [5.41, 5.74) is 10.2. The van der Waals surface area contributed by atoms with Gasteiger partial charge in [-0.3, -0.25) is 4.79 Å². The summed E-state index contributed by atoms with van der Waals surface area (Å²) in [6.45, 7) is 2.87. The lowest BCUT2D eigenvalue weighted by molar-refractivity contribution is -0.128. The van der Waals surface area contributed by atoms with Crippen molar-refractivity contribution in [2.24, 2.45) is 11.7 Å². The number of amides is 1. The summed E-state index contributed by atoms with van der Waals surface area (Å²) in [5.74, 6) is 0.151. The number of allylic oxidation sites excluding steroid dienone is 2. The van der Waals surface area contributed by atoms with Crippen molar-refractivity contribution in [3.05, 3.63) is 42.5 Å². The number of para-hydroxylation sites is 1. The SMILES string of the molecule is CCCCCC=CCCCNN(C(=O)C(O)[C@H](N)CC1CCCCC1)c1ccccc1. The van der Waals surface area contributed by atoms with Crippen molar-refractivity contribution in [2.45, 2.75) is 96.1 Å². The van der Waals surface area contributed by atoms with Gasteiger partial charge in [0, 0.05) is 12.6 Å². The van der Waals surface area contributed by atoms with Gasteiger partial charge in [0.15, 0.2) is 0 Å². The van der Waals surface area contributed by atoms with E-state index in [9.17, 15) is 9.90 Å². The highest BCUT2D eigenvalue weighted by Crippen LogP contribution is 2.28. The van der Waals surface area contributed by atoms with E-state index < -0.39 is 12.1 Å². The Kier molecular flexibility index (Phi) is 12.5. The Balaban J connectivity index is 1.86. The van der Waals surface area contributed by atoms with Crippen LogP contribution in [0.1, 0.15) is 84.0 Å². The monoisotopic (exact) mass is 429 g/mol. The van der Waals surface area contributed by atoms with Gasteiger partial charge in [0.25, 0.3) is 5.91 Å². The average molecular weight is 430 g/mol. The fourth-order valence-electron chi connectivity index (χ4n) is 4.28. The quantitative estimate of drug-likeness (QED) is 0.218. The number of aliphatic hydroxyl groups excluding tert-OH is 1. The summed E-state index contributed by atoms with van der Waals surface area (Å²) in [4.78, 5) is 13.1. The maximum absolute atomic E-state index is 13.1. The van der Waals surface area contributed by atoms with Crippen molar-refractivity contribution in [3.63, 3.8) is 0 Å². The molecule has 0 spiro atoms. The second kappa shape index (κ2) is 15.2. The van der Waals surface area contributed by atoms with Gasteiger partial charge < -0.3 is 10.8 Å². The van der Waals surface area contributed by atoms with Gasteiger partial charge in [-0.15, -0.1) is 0 Å². The number of hydrogen-bond donors (Lipinski definition) is 3. The predicted octanol–water partition coefficient (Wildman–Crippen LogP) is 5.10. The third-order valence-electron chi connectivity index (χ3n) is 6.18. The number of hydrazine groups is 1. The Morgan fingerprint density at radius 2 is 1.81 bits per heavy atom. The first-order valence-electron chi connectivity index (χ1n) is 12.3. The first-order valence-corrected chi connectivity index (χ1v) is 12.3. The molecule has 0 heterocycles. The summed E-state index contributed by atoms with van der Waals surface area (Å²) in [5, 5.41) is 12.2. The number of benzene rings is 1. The van der Waals surface area contributed by atoms with Crippen LogP contribution >= 0.6 is 0 Å². The number of hydrogen-bond acceptors (Lipinski definition) is 4. The van der Waals surface area contributed by atoms with Gasteiger partial charge in [-0.25, -0.2) is 10.4 Å². The highest BCUT2D eigenvalue weighted by Gasteiger charge is 2.30. The first kappa shape index (κ1) is 25.6. The van der Waals surface area contributed by atoms with Crippen molar-refractivity contribution in [3.8, 4) is 0 Å². The van der Waals surface area contributed by atoms with E-state index in [2.05, 4.69) is 24.5 Å². The minimum absolute atomic E-state index is 0.371. The molecule has 4 N–H and O–H groups in total. The number of carbonyl (C=O) groups is 1. The molecular weight excluding hydrogens is 386 g/mol. The number of rotatable bonds is 14. The molecule has 1 amide bonds. The summed E-state index contributed by atoms with van der Waals surface area (Å²) >= 11 is 0. The van der Waals surface area contributed by atoms with Crippen LogP contribution in [-0.4, -0.2) is 29.7 Å². The largest absolute Gasteiger partial charge is 0.382 e. The Hall–Kier alpha value is -1.69. The van der Waals surface area contributed by atoms with Crippen LogP contribution < -0.4 is 16.2 Å². The summed E-state index contributed by atoms with van der Waals surface area (Å²) in [6.07, 6.45) is 16.8. The minimum atomic E-state index is -1.20. The Labute approximate surface area is 189 Å². The molecule has 174 valence electrons. The molecular formula is C26H43N3O2. The van der Waals surface area contributed by atoms with Gasteiger partial charge in [0.05, 0.1) is 5.69 Å². The van der Waals surface area contributed by atoms with Crippen LogP contribution in [0.25, 0.3) is 0 Å². The standard InChI is InChI=1S/C26H43N3O2/c1-2-3-4-5-6-7-8-15-20-28-29(23-18-13-10-14-19-23)26(31)25(30)24(27)21-22-16-11-9-12-17-22/h6-7,10,13-14,18-19,22,24-25,28,30H,2-5,8-9,11-12,15-17,20-21,27H2,1H3/t24-,25?/m1/s1. The Bertz CT molecular complexity index is 629. The Morgan fingerprint density at radius 1 is 1.13 bits per heavy atom. The highest BCUT2D eigenvalue weighted by molar-refractivity contribution is 5.96. The van der Waals surface area contributed by atoms with E-state index in [1.807, 2.05) is 30.3 Å². The van der Waals surface area contributed by atoms with Crippen molar-refractivity contribution in [1.82, 2.24) is 5.43 Å². The van der Waals surface area contributed by atoms with E-state index in [1.165, 1.54) is 43.5 Å². The molecule has 0 aliphatic heterocycles. The number of unbranched alkanes of at least 4 members (excludes halogenated alkanes) is 4. The first-order chi connectivity index (χ1) is 15.1. The smallest absolute Gasteiger partial charge is 0.271 e. The van der Waals surface area contributed by atoms with Crippen LogP contribution in [0.2, 0.25) is 0 Å². The normalized spacial score (nSPS) is 17.0. The molecule has 5 nitrogen and oxygen atoms in total. The second-order valence-electron chi connectivity index (χ2n) is 8.88. The predicted molar refractivity (Wildman–Crippen MR) is 130 cm³/mol. The maximum Gasteiger partial charge on any atom is 0.271 e. The van der Waals surface area contributed by atoms with Gasteiger partial charge in [-0.1, -0.05) is 82.2 Å². The van der Waals surface area contributed by atoms with Crippen molar-refractivity contribution in [1.29, 1.82) is 0 Å². The summed E-state index contributed by atoms with van der Waals surface area (Å²) < 4.78 is 0. The van der Waals surface area contributed by atoms with E-state index in [0.717, 1.165) is 37.8 Å². The van der Waals surface area contributed by atoms with E-state index in [0.29, 0.717) is 18.9 Å². The van der Waals surface area contributed by atoms with Crippen LogP contribution in [-0.2, 0) is 4.79 Å². The van der Waals surface area contributed by atoms with Crippen LogP contribution in [0.5, 0.6) is 0 Å². The zero-order chi connectivity index (χ0) is 22.3. The molecule has 31 heavy (non-hydrogen) atoms. The zero-order valence-electron chi connectivity index (χ0n) is 19.3. The zero-order valence-corrected chi connectivity index (χ0v) is 19.3. The third kappa shape index (κ3) is 9.55. The van der Waals surface area contributed by atoms with Crippen LogP contribution in [0.4, 0.5) is 5.69 Å². The second-order valence-corrected chi connectivity index (χ2v) is 8.88. The summed E-state index contributed by atoms with van der Waals surface area (Å²) in [6, 6.07) is 8.92. The number of nitrogens with one attached hydrogen (secondary N) is 1. The molecule has 0 saturated heterocycles. The lowest BCUT2D eigenvalue weighted by atomic mass is 9.84. The molecule has 0 bridgehead atoms. The summed E-state index contributed by atoms with van der Waals surface area (Å²) in [7, 11) is 0. The fourth-order valence-corrected chi connectivity index (χ4v) is 4.28. The minimum Gasteiger partial charge on any atom is -0.382 e. The lowest BCUT2D eigenvalue weighted by Gasteiger charge is -2.30. The highest BCUT2D eigenvalue weighted by atomic mass is 16.3. The maximum atomic E-state index is 13.1. The van der Waals surface area contributed by atoms with Gasteiger partial charge in [-0.05, 0) is 50.2 Å². The van der Waals surface area contributed by atoms with E-state index in [-0.39, 0.29) is 5.91 Å². The number of aliphatic hydroxyl groups is 1. The third-order valence-corrected chi connectivity index (χ3v) is 6.18. The number of nitrogens with two attached hydrogens (primary N) is 1. The molecule has 1 aliphatic carbocycles. The molecule has 1 aromatic carbocycles. The molecule has 2 atom stereocenters.